The van der Waals surface area contributed by atoms with Gasteiger partial charge in [-0.25, -0.2) is 4.39 Å². The van der Waals surface area contributed by atoms with E-state index in [1.165, 1.54) is 5.56 Å². The lowest BCUT2D eigenvalue weighted by atomic mass is 9.95. The lowest BCUT2D eigenvalue weighted by Crippen LogP contribution is -2.21. The quantitative estimate of drug-likeness (QED) is 0.856. The molecule has 2 aromatic carbocycles. The summed E-state index contributed by atoms with van der Waals surface area (Å²) >= 11 is 0. The third-order valence-corrected chi connectivity index (χ3v) is 3.64. The highest BCUT2D eigenvalue weighted by Gasteiger charge is 2.10. The van der Waals surface area contributed by atoms with Crippen molar-refractivity contribution in [1.29, 1.82) is 0 Å². The average molecular weight is 271 g/mol. The van der Waals surface area contributed by atoms with Crippen LogP contribution < -0.4 is 5.32 Å². The molecule has 0 unspecified atom stereocenters. The Bertz CT molecular complexity index is 602. The standard InChI is InChI=1S/C18H22FN/c1-12(2)20-11-15-8-9-18(19)17(10-15)16-7-5-6-13(3)14(16)4/h5-10,12,20H,11H2,1-4H3. The van der Waals surface area contributed by atoms with Gasteiger partial charge in [0.15, 0.2) is 0 Å². The molecule has 0 atom stereocenters. The lowest BCUT2D eigenvalue weighted by Gasteiger charge is -2.13. The van der Waals surface area contributed by atoms with E-state index in [1.807, 2.05) is 31.2 Å². The van der Waals surface area contributed by atoms with Crippen molar-refractivity contribution in [3.63, 3.8) is 0 Å². The second-order valence-corrected chi connectivity index (χ2v) is 5.60. The number of halogens is 1. The minimum Gasteiger partial charge on any atom is -0.310 e. The molecule has 0 heterocycles. The van der Waals surface area contributed by atoms with Crippen LogP contribution in [0.15, 0.2) is 36.4 Å². The summed E-state index contributed by atoms with van der Waals surface area (Å²) in [6.45, 7) is 9.07. The number of benzene rings is 2. The van der Waals surface area contributed by atoms with Crippen LogP contribution in [0.1, 0.15) is 30.5 Å². The number of hydrogen-bond donors (Lipinski definition) is 1. The summed E-state index contributed by atoms with van der Waals surface area (Å²) in [5, 5.41) is 3.36. The van der Waals surface area contributed by atoms with Gasteiger partial charge in [0.05, 0.1) is 0 Å². The Morgan fingerprint density at radius 1 is 1.05 bits per heavy atom. The number of aryl methyl sites for hydroxylation is 1. The van der Waals surface area contributed by atoms with Gasteiger partial charge in [-0.1, -0.05) is 38.1 Å². The first-order valence-corrected chi connectivity index (χ1v) is 7.07. The summed E-state index contributed by atoms with van der Waals surface area (Å²) in [6, 6.07) is 11.8. The average Bonchev–Trinajstić information content (AvgIpc) is 2.41. The molecule has 1 N–H and O–H groups in total. The van der Waals surface area contributed by atoms with Crippen LogP contribution in [-0.4, -0.2) is 6.04 Å². The fourth-order valence-corrected chi connectivity index (χ4v) is 2.25. The summed E-state index contributed by atoms with van der Waals surface area (Å²) in [7, 11) is 0. The highest BCUT2D eigenvalue weighted by Crippen LogP contribution is 2.28. The predicted molar refractivity (Wildman–Crippen MR) is 83.3 cm³/mol. The summed E-state index contributed by atoms with van der Waals surface area (Å²) in [6.07, 6.45) is 0. The zero-order valence-corrected chi connectivity index (χ0v) is 12.6. The Balaban J connectivity index is 2.40. The van der Waals surface area contributed by atoms with Crippen LogP contribution in [0.3, 0.4) is 0 Å². The van der Waals surface area contributed by atoms with Gasteiger partial charge in [0.2, 0.25) is 0 Å². The maximum absolute atomic E-state index is 14.1. The molecular weight excluding hydrogens is 249 g/mol. The highest BCUT2D eigenvalue weighted by molar-refractivity contribution is 5.69. The van der Waals surface area contributed by atoms with Gasteiger partial charge < -0.3 is 5.32 Å². The van der Waals surface area contributed by atoms with Crippen LogP contribution in [0, 0.1) is 19.7 Å². The first-order valence-electron chi connectivity index (χ1n) is 7.07. The third kappa shape index (κ3) is 3.26. The molecule has 0 amide bonds. The molecular formula is C18H22FN. The first-order chi connectivity index (χ1) is 9.49. The molecule has 1 nitrogen and oxygen atoms in total. The van der Waals surface area contributed by atoms with Crippen LogP contribution in [0.25, 0.3) is 11.1 Å². The molecule has 0 spiro atoms. The third-order valence-electron chi connectivity index (χ3n) is 3.64. The van der Waals surface area contributed by atoms with E-state index in [0.29, 0.717) is 11.6 Å². The zero-order valence-electron chi connectivity index (χ0n) is 12.6. The van der Waals surface area contributed by atoms with E-state index in [9.17, 15) is 4.39 Å². The normalized spacial score (nSPS) is 11.1. The summed E-state index contributed by atoms with van der Waals surface area (Å²) in [5.74, 6) is -0.160. The Hall–Kier alpha value is -1.67. The molecule has 2 heteroatoms. The highest BCUT2D eigenvalue weighted by atomic mass is 19.1. The van der Waals surface area contributed by atoms with Crippen LogP contribution in [0.4, 0.5) is 4.39 Å². The molecule has 2 aromatic rings. The molecule has 0 aliphatic rings. The molecule has 0 fully saturated rings. The van der Waals surface area contributed by atoms with Gasteiger partial charge in [-0.15, -0.1) is 0 Å². The topological polar surface area (TPSA) is 12.0 Å². The molecule has 0 saturated heterocycles. The van der Waals surface area contributed by atoms with Gasteiger partial charge in [0, 0.05) is 18.2 Å². The van der Waals surface area contributed by atoms with Crippen molar-refractivity contribution in [3.05, 3.63) is 58.9 Å². The number of rotatable bonds is 4. The molecule has 0 bridgehead atoms. The van der Waals surface area contributed by atoms with E-state index in [0.717, 1.165) is 23.2 Å². The molecule has 20 heavy (non-hydrogen) atoms. The minimum absolute atomic E-state index is 0.160. The van der Waals surface area contributed by atoms with Gasteiger partial charge in [0.1, 0.15) is 5.82 Å². The van der Waals surface area contributed by atoms with Crippen molar-refractivity contribution in [2.24, 2.45) is 0 Å². The second-order valence-electron chi connectivity index (χ2n) is 5.60. The molecule has 106 valence electrons. The largest absolute Gasteiger partial charge is 0.310 e. The lowest BCUT2D eigenvalue weighted by molar-refractivity contribution is 0.586. The van der Waals surface area contributed by atoms with E-state index < -0.39 is 0 Å². The number of hydrogen-bond acceptors (Lipinski definition) is 1. The van der Waals surface area contributed by atoms with Crippen molar-refractivity contribution in [3.8, 4) is 11.1 Å². The summed E-state index contributed by atoms with van der Waals surface area (Å²) in [5.41, 5.74) is 5.10. The zero-order chi connectivity index (χ0) is 14.7. The fourth-order valence-electron chi connectivity index (χ4n) is 2.25. The van der Waals surface area contributed by atoms with Crippen LogP contribution >= 0.6 is 0 Å². The predicted octanol–water partition coefficient (Wildman–Crippen LogP) is 4.61. The van der Waals surface area contributed by atoms with Crippen molar-refractivity contribution in [1.82, 2.24) is 5.32 Å². The Kier molecular flexibility index (Phi) is 4.56. The minimum atomic E-state index is -0.160. The maximum Gasteiger partial charge on any atom is 0.131 e. The fraction of sp³-hybridized carbons (Fsp3) is 0.333. The van der Waals surface area contributed by atoms with E-state index in [2.05, 4.69) is 32.2 Å². The molecule has 0 aromatic heterocycles. The SMILES string of the molecule is Cc1cccc(-c2cc(CNC(C)C)ccc2F)c1C. The molecule has 0 aliphatic carbocycles. The number of nitrogens with one attached hydrogen (secondary N) is 1. The van der Waals surface area contributed by atoms with Gasteiger partial charge in [-0.05, 0) is 48.2 Å². The monoisotopic (exact) mass is 271 g/mol. The molecule has 2 rings (SSSR count). The van der Waals surface area contributed by atoms with Gasteiger partial charge >= 0.3 is 0 Å². The summed E-state index contributed by atoms with van der Waals surface area (Å²) < 4.78 is 14.1. The van der Waals surface area contributed by atoms with Crippen LogP contribution in [0.2, 0.25) is 0 Å². The molecule has 0 radical (unpaired) electrons. The van der Waals surface area contributed by atoms with Crippen molar-refractivity contribution in [2.45, 2.75) is 40.3 Å². The summed E-state index contributed by atoms with van der Waals surface area (Å²) in [4.78, 5) is 0. The van der Waals surface area contributed by atoms with E-state index in [1.54, 1.807) is 6.07 Å². The van der Waals surface area contributed by atoms with Gasteiger partial charge in [0.25, 0.3) is 0 Å². The van der Waals surface area contributed by atoms with E-state index in [4.69, 9.17) is 0 Å². The molecule has 0 saturated carbocycles. The van der Waals surface area contributed by atoms with Gasteiger partial charge in [-0.3, -0.25) is 0 Å². The van der Waals surface area contributed by atoms with Gasteiger partial charge in [-0.2, -0.15) is 0 Å². The van der Waals surface area contributed by atoms with E-state index >= 15 is 0 Å². The first kappa shape index (κ1) is 14.7. The molecule has 0 aliphatic heterocycles. The Morgan fingerprint density at radius 3 is 2.50 bits per heavy atom. The van der Waals surface area contributed by atoms with E-state index in [-0.39, 0.29) is 5.82 Å². The smallest absolute Gasteiger partial charge is 0.131 e. The second kappa shape index (κ2) is 6.19. The Morgan fingerprint density at radius 2 is 1.80 bits per heavy atom. The maximum atomic E-state index is 14.1. The Labute approximate surface area is 120 Å². The van der Waals surface area contributed by atoms with Crippen molar-refractivity contribution < 1.29 is 4.39 Å². The van der Waals surface area contributed by atoms with Crippen molar-refractivity contribution >= 4 is 0 Å². The van der Waals surface area contributed by atoms with Crippen LogP contribution in [0.5, 0.6) is 0 Å². The van der Waals surface area contributed by atoms with Crippen molar-refractivity contribution in [2.75, 3.05) is 0 Å². The van der Waals surface area contributed by atoms with Crippen LogP contribution in [-0.2, 0) is 6.54 Å².